The van der Waals surface area contributed by atoms with Gasteiger partial charge in [-0.15, -0.1) is 0 Å². The first-order valence-electron chi connectivity index (χ1n) is 7.51. The Kier molecular flexibility index (Phi) is 4.45. The molecule has 108 valence electrons. The van der Waals surface area contributed by atoms with Crippen molar-refractivity contribution in [3.63, 3.8) is 0 Å². The second-order valence-corrected chi connectivity index (χ2v) is 6.51. The molecule has 0 bridgehead atoms. The van der Waals surface area contributed by atoms with Crippen molar-refractivity contribution in [2.24, 2.45) is 0 Å². The molecular formula is C19H19BrO. The molecule has 2 aromatic rings. The van der Waals surface area contributed by atoms with Crippen LogP contribution in [0.4, 0.5) is 0 Å². The normalized spacial score (nSPS) is 15.0. The molecule has 3 rings (SSSR count). The van der Waals surface area contributed by atoms with E-state index in [1.165, 1.54) is 48.8 Å². The van der Waals surface area contributed by atoms with Gasteiger partial charge in [-0.25, -0.2) is 0 Å². The summed E-state index contributed by atoms with van der Waals surface area (Å²) in [7, 11) is 0. The summed E-state index contributed by atoms with van der Waals surface area (Å²) in [6, 6.07) is 16.1. The Balaban J connectivity index is 2.10. The number of allylic oxidation sites excluding steroid dienone is 1. The van der Waals surface area contributed by atoms with Crippen LogP contribution in [0.25, 0.3) is 5.57 Å². The zero-order chi connectivity index (χ0) is 14.7. The minimum atomic E-state index is 0.322. The van der Waals surface area contributed by atoms with Crippen molar-refractivity contribution in [2.45, 2.75) is 32.1 Å². The van der Waals surface area contributed by atoms with Crippen LogP contribution in [-0.2, 0) is 0 Å². The number of phenols is 1. The lowest BCUT2D eigenvalue weighted by Gasteiger charge is -2.20. The first-order chi connectivity index (χ1) is 10.2. The lowest BCUT2D eigenvalue weighted by Crippen LogP contribution is -2.00. The maximum absolute atomic E-state index is 9.53. The molecule has 1 aliphatic rings. The van der Waals surface area contributed by atoms with Crippen LogP contribution in [0, 0.1) is 0 Å². The van der Waals surface area contributed by atoms with Crippen LogP contribution in [0.15, 0.2) is 58.6 Å². The molecule has 1 nitrogen and oxygen atoms in total. The van der Waals surface area contributed by atoms with Gasteiger partial charge in [0.1, 0.15) is 5.75 Å². The molecule has 0 atom stereocenters. The average Bonchev–Trinajstić information content (AvgIpc) is 2.52. The maximum atomic E-state index is 9.53. The molecule has 1 aliphatic carbocycles. The predicted molar refractivity (Wildman–Crippen MR) is 91.4 cm³/mol. The van der Waals surface area contributed by atoms with Gasteiger partial charge in [0.05, 0.1) is 0 Å². The van der Waals surface area contributed by atoms with Crippen molar-refractivity contribution in [1.29, 1.82) is 0 Å². The van der Waals surface area contributed by atoms with E-state index in [0.29, 0.717) is 5.75 Å². The summed E-state index contributed by atoms with van der Waals surface area (Å²) in [6.45, 7) is 0. The fraction of sp³-hybridized carbons (Fsp3) is 0.263. The van der Waals surface area contributed by atoms with Gasteiger partial charge in [0, 0.05) is 4.47 Å². The van der Waals surface area contributed by atoms with Crippen LogP contribution in [-0.4, -0.2) is 5.11 Å². The van der Waals surface area contributed by atoms with Gasteiger partial charge in [-0.2, -0.15) is 0 Å². The summed E-state index contributed by atoms with van der Waals surface area (Å²) in [5.41, 5.74) is 5.37. The monoisotopic (exact) mass is 342 g/mol. The molecule has 1 saturated carbocycles. The highest BCUT2D eigenvalue weighted by molar-refractivity contribution is 9.10. The van der Waals surface area contributed by atoms with Gasteiger partial charge in [0.2, 0.25) is 0 Å². The van der Waals surface area contributed by atoms with Gasteiger partial charge >= 0.3 is 0 Å². The standard InChI is InChI=1S/C19H19BrO/c20-17-10-6-15(7-11-17)19(14-4-2-1-3-5-14)16-8-12-18(21)13-9-16/h6-13,21H,1-5H2. The topological polar surface area (TPSA) is 20.2 Å². The van der Waals surface area contributed by atoms with Gasteiger partial charge < -0.3 is 5.11 Å². The van der Waals surface area contributed by atoms with Crippen molar-refractivity contribution in [3.8, 4) is 5.75 Å². The lowest BCUT2D eigenvalue weighted by molar-refractivity contribution is 0.475. The summed E-state index contributed by atoms with van der Waals surface area (Å²) in [6.07, 6.45) is 6.28. The highest BCUT2D eigenvalue weighted by Gasteiger charge is 2.14. The predicted octanol–water partition coefficient (Wildman–Crippen LogP) is 5.92. The average molecular weight is 343 g/mol. The quantitative estimate of drug-likeness (QED) is 0.717. The van der Waals surface area contributed by atoms with E-state index >= 15 is 0 Å². The van der Waals surface area contributed by atoms with Crippen LogP contribution in [0.1, 0.15) is 43.2 Å². The molecule has 0 aliphatic heterocycles. The van der Waals surface area contributed by atoms with E-state index in [2.05, 4.69) is 40.2 Å². The number of benzene rings is 2. The summed E-state index contributed by atoms with van der Waals surface area (Å²) in [5.74, 6) is 0.322. The van der Waals surface area contributed by atoms with Crippen molar-refractivity contribution in [1.82, 2.24) is 0 Å². The third kappa shape index (κ3) is 3.38. The highest BCUT2D eigenvalue weighted by atomic mass is 79.9. The zero-order valence-electron chi connectivity index (χ0n) is 12.0. The summed E-state index contributed by atoms with van der Waals surface area (Å²) in [4.78, 5) is 0. The van der Waals surface area contributed by atoms with Gasteiger partial charge in [-0.05, 0) is 66.6 Å². The number of aromatic hydroxyl groups is 1. The minimum absolute atomic E-state index is 0.322. The van der Waals surface area contributed by atoms with Crippen molar-refractivity contribution >= 4 is 21.5 Å². The first kappa shape index (κ1) is 14.4. The van der Waals surface area contributed by atoms with Gasteiger partial charge in [-0.3, -0.25) is 0 Å². The molecule has 1 fully saturated rings. The molecule has 0 unspecified atom stereocenters. The number of hydrogen-bond donors (Lipinski definition) is 1. The smallest absolute Gasteiger partial charge is 0.115 e. The van der Waals surface area contributed by atoms with Crippen LogP contribution in [0.5, 0.6) is 5.75 Å². The van der Waals surface area contributed by atoms with E-state index in [1.54, 1.807) is 17.7 Å². The number of hydrogen-bond acceptors (Lipinski definition) is 1. The summed E-state index contributed by atoms with van der Waals surface area (Å²) >= 11 is 3.51. The van der Waals surface area contributed by atoms with Gasteiger partial charge in [0.25, 0.3) is 0 Å². The van der Waals surface area contributed by atoms with Crippen molar-refractivity contribution in [3.05, 3.63) is 69.7 Å². The van der Waals surface area contributed by atoms with E-state index < -0.39 is 0 Å². The first-order valence-corrected chi connectivity index (χ1v) is 8.31. The number of halogens is 1. The maximum Gasteiger partial charge on any atom is 0.115 e. The number of phenolic OH excluding ortho intramolecular Hbond substituents is 1. The van der Waals surface area contributed by atoms with E-state index in [1.807, 2.05) is 12.1 Å². The molecule has 2 aromatic carbocycles. The Morgan fingerprint density at radius 1 is 0.762 bits per heavy atom. The SMILES string of the molecule is Oc1ccc(C(=C2CCCCC2)c2ccc(Br)cc2)cc1. The number of rotatable bonds is 2. The minimum Gasteiger partial charge on any atom is -0.508 e. The zero-order valence-corrected chi connectivity index (χ0v) is 13.6. The van der Waals surface area contributed by atoms with E-state index in [9.17, 15) is 5.11 Å². The molecule has 21 heavy (non-hydrogen) atoms. The molecular weight excluding hydrogens is 324 g/mol. The fourth-order valence-corrected chi connectivity index (χ4v) is 3.31. The molecule has 1 N–H and O–H groups in total. The van der Waals surface area contributed by atoms with E-state index in [-0.39, 0.29) is 0 Å². The van der Waals surface area contributed by atoms with E-state index in [0.717, 1.165) is 4.47 Å². The Morgan fingerprint density at radius 2 is 1.29 bits per heavy atom. The fourth-order valence-electron chi connectivity index (χ4n) is 3.05. The molecule has 0 aromatic heterocycles. The Morgan fingerprint density at radius 3 is 1.86 bits per heavy atom. The van der Waals surface area contributed by atoms with Gasteiger partial charge in [-0.1, -0.05) is 52.2 Å². The molecule has 0 radical (unpaired) electrons. The third-order valence-corrected chi connectivity index (χ3v) is 4.63. The van der Waals surface area contributed by atoms with Crippen LogP contribution in [0.2, 0.25) is 0 Å². The molecule has 0 saturated heterocycles. The summed E-state index contributed by atoms with van der Waals surface area (Å²) < 4.78 is 1.10. The summed E-state index contributed by atoms with van der Waals surface area (Å²) in [5, 5.41) is 9.53. The second-order valence-electron chi connectivity index (χ2n) is 5.59. The molecule has 2 heteroatoms. The second kappa shape index (κ2) is 6.48. The molecule has 0 heterocycles. The van der Waals surface area contributed by atoms with Gasteiger partial charge in [0.15, 0.2) is 0 Å². The van der Waals surface area contributed by atoms with Crippen molar-refractivity contribution in [2.75, 3.05) is 0 Å². The lowest BCUT2D eigenvalue weighted by atomic mass is 9.85. The highest BCUT2D eigenvalue weighted by Crippen LogP contribution is 2.35. The van der Waals surface area contributed by atoms with Crippen molar-refractivity contribution < 1.29 is 5.11 Å². The Labute approximate surface area is 134 Å². The van der Waals surface area contributed by atoms with Crippen LogP contribution < -0.4 is 0 Å². The largest absolute Gasteiger partial charge is 0.508 e. The Bertz CT molecular complexity index is 583. The third-order valence-electron chi connectivity index (χ3n) is 4.10. The molecule has 0 amide bonds. The Hall–Kier alpha value is -1.54. The van der Waals surface area contributed by atoms with Crippen LogP contribution in [0.3, 0.4) is 0 Å². The van der Waals surface area contributed by atoms with E-state index in [4.69, 9.17) is 0 Å². The van der Waals surface area contributed by atoms with Crippen LogP contribution >= 0.6 is 15.9 Å². The molecule has 0 spiro atoms.